The van der Waals surface area contributed by atoms with Gasteiger partial charge >= 0.3 is 0 Å². The third kappa shape index (κ3) is 1.39. The van der Waals surface area contributed by atoms with E-state index in [1.54, 1.807) is 4.52 Å². The highest BCUT2D eigenvalue weighted by atomic mass is 19.1. The highest BCUT2D eigenvalue weighted by molar-refractivity contribution is 5.38. The van der Waals surface area contributed by atoms with Crippen LogP contribution in [0.25, 0.3) is 5.65 Å². The number of nitrogens with zero attached hydrogens (tertiary/aromatic N) is 3. The lowest BCUT2D eigenvalue weighted by Gasteiger charge is -1.94. The summed E-state index contributed by atoms with van der Waals surface area (Å²) in [6, 6.07) is 1.37. The number of hydrogen-bond acceptors (Lipinski definition) is 2. The maximum atomic E-state index is 12.7. The van der Waals surface area contributed by atoms with Gasteiger partial charge in [0.1, 0.15) is 5.82 Å². The van der Waals surface area contributed by atoms with Crippen molar-refractivity contribution in [1.29, 1.82) is 0 Å². The van der Waals surface area contributed by atoms with E-state index in [-0.39, 0.29) is 5.82 Å². The Hall–Kier alpha value is -1.45. The van der Waals surface area contributed by atoms with Crippen molar-refractivity contribution in [1.82, 2.24) is 14.6 Å². The molecule has 0 aromatic carbocycles. The molecule has 2 aromatic rings. The van der Waals surface area contributed by atoms with E-state index in [2.05, 4.69) is 10.1 Å². The van der Waals surface area contributed by atoms with Crippen LogP contribution in [0.15, 0.2) is 18.5 Å². The fourth-order valence-electron chi connectivity index (χ4n) is 1.15. The Morgan fingerprint density at radius 2 is 2.23 bits per heavy atom. The zero-order valence-corrected chi connectivity index (χ0v) is 7.53. The molecule has 0 radical (unpaired) electrons. The van der Waals surface area contributed by atoms with Crippen molar-refractivity contribution in [3.05, 3.63) is 30.0 Å². The van der Waals surface area contributed by atoms with Gasteiger partial charge in [0, 0.05) is 6.07 Å². The molecule has 2 heterocycles. The van der Waals surface area contributed by atoms with Crippen LogP contribution in [0.3, 0.4) is 0 Å². The van der Waals surface area contributed by atoms with Crippen LogP contribution in [0, 0.1) is 5.82 Å². The van der Waals surface area contributed by atoms with Crippen molar-refractivity contribution in [2.75, 3.05) is 0 Å². The lowest BCUT2D eigenvalue weighted by atomic mass is 10.2. The molecule has 0 aliphatic rings. The minimum atomic E-state index is -0.353. The number of fused-ring (bicyclic) bond motifs is 1. The van der Waals surface area contributed by atoms with Gasteiger partial charge in [-0.25, -0.2) is 13.9 Å². The molecule has 4 heteroatoms. The molecule has 2 rings (SSSR count). The van der Waals surface area contributed by atoms with E-state index in [4.69, 9.17) is 0 Å². The standard InChI is InChI=1S/C9H10FN3/c1-6(2)8-5-13-9(12-8)3-7(10)4-11-13/h3-6H,1-2H3. The Morgan fingerprint density at radius 1 is 1.46 bits per heavy atom. The van der Waals surface area contributed by atoms with E-state index in [9.17, 15) is 4.39 Å². The zero-order chi connectivity index (χ0) is 9.42. The number of rotatable bonds is 1. The van der Waals surface area contributed by atoms with E-state index in [1.165, 1.54) is 12.3 Å². The van der Waals surface area contributed by atoms with Crippen LogP contribution in [-0.2, 0) is 0 Å². The third-order valence-corrected chi connectivity index (χ3v) is 1.90. The molecule has 0 unspecified atom stereocenters. The Kier molecular flexibility index (Phi) is 1.76. The predicted octanol–water partition coefficient (Wildman–Crippen LogP) is 1.99. The fraction of sp³-hybridized carbons (Fsp3) is 0.333. The van der Waals surface area contributed by atoms with Crippen LogP contribution in [0.1, 0.15) is 25.5 Å². The maximum absolute atomic E-state index is 12.7. The van der Waals surface area contributed by atoms with Crippen LogP contribution in [0.2, 0.25) is 0 Å². The Labute approximate surface area is 75.2 Å². The quantitative estimate of drug-likeness (QED) is 0.670. The van der Waals surface area contributed by atoms with E-state index in [0.717, 1.165) is 5.69 Å². The number of halogens is 1. The molecule has 0 bridgehead atoms. The summed E-state index contributed by atoms with van der Waals surface area (Å²) in [5, 5.41) is 3.86. The molecule has 13 heavy (non-hydrogen) atoms. The summed E-state index contributed by atoms with van der Waals surface area (Å²) in [6.07, 6.45) is 3.00. The summed E-state index contributed by atoms with van der Waals surface area (Å²) >= 11 is 0. The average molecular weight is 179 g/mol. The fourth-order valence-corrected chi connectivity index (χ4v) is 1.15. The molecular weight excluding hydrogens is 169 g/mol. The number of imidazole rings is 1. The molecule has 0 aliphatic heterocycles. The van der Waals surface area contributed by atoms with Crippen molar-refractivity contribution in [2.45, 2.75) is 19.8 Å². The Bertz CT molecular complexity index is 433. The van der Waals surface area contributed by atoms with Gasteiger partial charge in [0.2, 0.25) is 0 Å². The van der Waals surface area contributed by atoms with Crippen LogP contribution in [-0.4, -0.2) is 14.6 Å². The highest BCUT2D eigenvalue weighted by Gasteiger charge is 2.06. The summed E-state index contributed by atoms with van der Waals surface area (Å²) in [7, 11) is 0. The highest BCUT2D eigenvalue weighted by Crippen LogP contribution is 2.13. The number of hydrogen-bond donors (Lipinski definition) is 0. The van der Waals surface area contributed by atoms with Gasteiger partial charge < -0.3 is 0 Å². The van der Waals surface area contributed by atoms with Gasteiger partial charge in [0.25, 0.3) is 0 Å². The van der Waals surface area contributed by atoms with Crippen molar-refractivity contribution < 1.29 is 4.39 Å². The molecule has 0 N–H and O–H groups in total. The van der Waals surface area contributed by atoms with E-state index in [1.807, 2.05) is 20.0 Å². The van der Waals surface area contributed by atoms with Gasteiger partial charge in [-0.3, -0.25) is 0 Å². The topological polar surface area (TPSA) is 30.2 Å². The van der Waals surface area contributed by atoms with Gasteiger partial charge in [-0.15, -0.1) is 0 Å². The summed E-state index contributed by atoms with van der Waals surface area (Å²) in [4.78, 5) is 4.23. The number of aromatic nitrogens is 3. The maximum Gasteiger partial charge on any atom is 0.156 e. The Balaban J connectivity index is 2.62. The SMILES string of the molecule is CC(C)c1cn2ncc(F)cc2n1. The first-order valence-corrected chi connectivity index (χ1v) is 4.17. The molecule has 0 spiro atoms. The van der Waals surface area contributed by atoms with Crippen LogP contribution in [0.4, 0.5) is 4.39 Å². The first kappa shape index (κ1) is 8.16. The molecule has 2 aromatic heterocycles. The lowest BCUT2D eigenvalue weighted by Crippen LogP contribution is -1.89. The van der Waals surface area contributed by atoms with Gasteiger partial charge in [0.05, 0.1) is 18.1 Å². The molecule has 3 nitrogen and oxygen atoms in total. The van der Waals surface area contributed by atoms with Gasteiger partial charge in [-0.2, -0.15) is 5.10 Å². The molecule has 0 fully saturated rings. The van der Waals surface area contributed by atoms with Gasteiger partial charge in [0.15, 0.2) is 5.65 Å². The second-order valence-electron chi connectivity index (χ2n) is 3.30. The monoisotopic (exact) mass is 179 g/mol. The van der Waals surface area contributed by atoms with Gasteiger partial charge in [-0.1, -0.05) is 13.8 Å². The smallest absolute Gasteiger partial charge is 0.156 e. The molecule has 0 saturated heterocycles. The normalized spacial score (nSPS) is 11.4. The third-order valence-electron chi connectivity index (χ3n) is 1.90. The molecular formula is C9H10FN3. The molecule has 0 amide bonds. The molecule has 0 aliphatic carbocycles. The second-order valence-corrected chi connectivity index (χ2v) is 3.30. The molecule has 0 atom stereocenters. The summed E-state index contributed by atoms with van der Waals surface area (Å²) in [5.41, 5.74) is 1.49. The largest absolute Gasteiger partial charge is 0.232 e. The summed E-state index contributed by atoms with van der Waals surface area (Å²) in [5.74, 6) is -0.0156. The van der Waals surface area contributed by atoms with Crippen LogP contribution < -0.4 is 0 Å². The van der Waals surface area contributed by atoms with Gasteiger partial charge in [-0.05, 0) is 5.92 Å². The van der Waals surface area contributed by atoms with Crippen LogP contribution in [0.5, 0.6) is 0 Å². The first-order valence-electron chi connectivity index (χ1n) is 4.17. The zero-order valence-electron chi connectivity index (χ0n) is 7.53. The summed E-state index contributed by atoms with van der Waals surface area (Å²) < 4.78 is 14.3. The van der Waals surface area contributed by atoms with E-state index in [0.29, 0.717) is 11.6 Å². The summed E-state index contributed by atoms with van der Waals surface area (Å²) in [6.45, 7) is 4.08. The van der Waals surface area contributed by atoms with Crippen molar-refractivity contribution in [2.24, 2.45) is 0 Å². The molecule has 68 valence electrons. The van der Waals surface area contributed by atoms with E-state index >= 15 is 0 Å². The van der Waals surface area contributed by atoms with Crippen LogP contribution >= 0.6 is 0 Å². The minimum absolute atomic E-state index is 0.338. The lowest BCUT2D eigenvalue weighted by molar-refractivity contribution is 0.614. The first-order chi connectivity index (χ1) is 6.16. The van der Waals surface area contributed by atoms with E-state index < -0.39 is 0 Å². The Morgan fingerprint density at radius 3 is 2.92 bits per heavy atom. The predicted molar refractivity (Wildman–Crippen MR) is 47.0 cm³/mol. The average Bonchev–Trinajstić information content (AvgIpc) is 2.46. The van der Waals surface area contributed by atoms with Crippen molar-refractivity contribution in [3.8, 4) is 0 Å². The minimum Gasteiger partial charge on any atom is -0.232 e. The second kappa shape index (κ2) is 2.80. The van der Waals surface area contributed by atoms with Crippen molar-refractivity contribution in [3.63, 3.8) is 0 Å². The van der Waals surface area contributed by atoms with Crippen molar-refractivity contribution >= 4 is 5.65 Å². The molecule has 0 saturated carbocycles.